The van der Waals surface area contributed by atoms with Gasteiger partial charge in [-0.05, 0) is 0 Å². The zero-order chi connectivity index (χ0) is 12.0. The summed E-state index contributed by atoms with van der Waals surface area (Å²) in [6.07, 6.45) is 0. The molecule has 2 rings (SSSR count). The van der Waals surface area contributed by atoms with Crippen molar-refractivity contribution < 1.29 is 26.2 Å². The summed E-state index contributed by atoms with van der Waals surface area (Å²) in [7, 11) is 0. The van der Waals surface area contributed by atoms with Crippen LogP contribution < -0.4 is 0 Å². The SMILES string of the molecule is CC(C)[c-]1[cH-][cH-][cH-][cH-]1.CC(C)[c-]1cccc1.Cl.Cl.[Zr]. The van der Waals surface area contributed by atoms with Crippen LogP contribution in [0.15, 0.2) is 48.5 Å². The van der Waals surface area contributed by atoms with Crippen molar-refractivity contribution in [2.24, 2.45) is 0 Å². The third kappa shape index (κ3) is 9.66. The Labute approximate surface area is 149 Å². The van der Waals surface area contributed by atoms with Gasteiger partial charge in [0.15, 0.2) is 0 Å². The van der Waals surface area contributed by atoms with Crippen LogP contribution >= 0.6 is 24.8 Å². The van der Waals surface area contributed by atoms with Crippen LogP contribution in [0, 0.1) is 0 Å². The standard InChI is InChI=1S/2C8H11.2ClH.Zr/c2*1-7(2)8-5-3-4-6-8;;;/h2*3-7H,1-2H3;2*1H;/q-5;-1;;;. The van der Waals surface area contributed by atoms with E-state index in [1.54, 1.807) is 0 Å². The zero-order valence-corrected chi connectivity index (χ0v) is 16.2. The van der Waals surface area contributed by atoms with Gasteiger partial charge in [-0.25, -0.2) is 18.1 Å². The van der Waals surface area contributed by atoms with E-state index in [1.807, 2.05) is 0 Å². The quantitative estimate of drug-likeness (QED) is 0.571. The molecule has 0 aliphatic carbocycles. The van der Waals surface area contributed by atoms with E-state index in [9.17, 15) is 0 Å². The normalized spacial score (nSPS) is 8.74. The molecular formula is C16H24Cl2Zr-6. The topological polar surface area (TPSA) is 0 Å². The molecule has 2 aromatic rings. The molecule has 0 spiro atoms. The van der Waals surface area contributed by atoms with Gasteiger partial charge in [-0.1, -0.05) is 33.6 Å². The molecule has 112 valence electrons. The average Bonchev–Trinajstić information content (AvgIpc) is 2.93. The Balaban J connectivity index is -0.000000233. The van der Waals surface area contributed by atoms with Crippen LogP contribution in [0.5, 0.6) is 0 Å². The Hall–Kier alpha value is 0.163. The summed E-state index contributed by atoms with van der Waals surface area (Å²) in [5, 5.41) is 0. The summed E-state index contributed by atoms with van der Waals surface area (Å²) in [4.78, 5) is 0. The molecular weight excluding hydrogens is 354 g/mol. The van der Waals surface area contributed by atoms with E-state index in [-0.39, 0.29) is 51.0 Å². The molecule has 0 saturated carbocycles. The van der Waals surface area contributed by atoms with Crippen molar-refractivity contribution in [2.75, 3.05) is 0 Å². The maximum atomic E-state index is 2.20. The van der Waals surface area contributed by atoms with Crippen LogP contribution in [0.25, 0.3) is 0 Å². The number of halogens is 2. The van der Waals surface area contributed by atoms with Crippen molar-refractivity contribution in [3.63, 3.8) is 0 Å². The predicted molar refractivity (Wildman–Crippen MR) is 86.7 cm³/mol. The molecule has 0 nitrogen and oxygen atoms in total. The average molecular weight is 378 g/mol. The van der Waals surface area contributed by atoms with E-state index < -0.39 is 0 Å². The van der Waals surface area contributed by atoms with Crippen LogP contribution in [0.3, 0.4) is 0 Å². The first kappa shape index (κ1) is 24.2. The maximum absolute atomic E-state index is 2.20. The molecule has 2 aromatic carbocycles. The zero-order valence-electron chi connectivity index (χ0n) is 12.1. The van der Waals surface area contributed by atoms with Gasteiger partial charge in [0.05, 0.1) is 0 Å². The van der Waals surface area contributed by atoms with Crippen LogP contribution in [-0.2, 0) is 26.2 Å². The van der Waals surface area contributed by atoms with E-state index >= 15 is 0 Å². The molecule has 0 radical (unpaired) electrons. The van der Waals surface area contributed by atoms with Crippen LogP contribution in [0.4, 0.5) is 0 Å². The van der Waals surface area contributed by atoms with E-state index in [1.165, 1.54) is 11.1 Å². The van der Waals surface area contributed by atoms with E-state index in [4.69, 9.17) is 0 Å². The third-order valence-electron chi connectivity index (χ3n) is 2.71. The van der Waals surface area contributed by atoms with Gasteiger partial charge in [-0.15, -0.1) is 24.8 Å². The molecule has 0 unspecified atom stereocenters. The fourth-order valence-corrected chi connectivity index (χ4v) is 1.55. The van der Waals surface area contributed by atoms with Crippen LogP contribution in [0.2, 0.25) is 0 Å². The molecule has 0 bridgehead atoms. The number of hydrogen-bond acceptors (Lipinski definition) is 0. The van der Waals surface area contributed by atoms with Gasteiger partial charge >= 0.3 is 0 Å². The van der Waals surface area contributed by atoms with Gasteiger partial charge in [0, 0.05) is 26.2 Å². The van der Waals surface area contributed by atoms with Gasteiger partial charge in [-0.2, -0.15) is 17.7 Å². The summed E-state index contributed by atoms with van der Waals surface area (Å²) >= 11 is 0. The Kier molecular flexibility index (Phi) is 16.8. The minimum absolute atomic E-state index is 0. The molecule has 0 amide bonds. The molecule has 19 heavy (non-hydrogen) atoms. The smallest absolute Gasteiger partial charge is 0 e. The molecule has 0 heterocycles. The molecule has 0 saturated heterocycles. The second-order valence-electron chi connectivity index (χ2n) is 4.75. The predicted octanol–water partition coefficient (Wildman–Crippen LogP) is 5.90. The molecule has 0 N–H and O–H groups in total. The minimum Gasteiger partial charge on any atom is -0.748 e. The first-order valence-electron chi connectivity index (χ1n) is 6.04. The van der Waals surface area contributed by atoms with Crippen molar-refractivity contribution in [1.29, 1.82) is 0 Å². The summed E-state index contributed by atoms with van der Waals surface area (Å²) in [6, 6.07) is 16.9. The summed E-state index contributed by atoms with van der Waals surface area (Å²) < 4.78 is 0. The molecule has 0 aromatic heterocycles. The second-order valence-corrected chi connectivity index (χ2v) is 4.75. The molecule has 0 atom stereocenters. The third-order valence-corrected chi connectivity index (χ3v) is 2.71. The fraction of sp³-hybridized carbons (Fsp3) is 0.375. The van der Waals surface area contributed by atoms with Crippen molar-refractivity contribution in [3.05, 3.63) is 59.7 Å². The fourth-order valence-electron chi connectivity index (χ4n) is 1.55. The van der Waals surface area contributed by atoms with E-state index in [0.29, 0.717) is 11.8 Å². The first-order chi connectivity index (χ1) is 7.61. The Bertz CT molecular complexity index is 323. The summed E-state index contributed by atoms with van der Waals surface area (Å²) in [5.74, 6) is 1.37. The van der Waals surface area contributed by atoms with Gasteiger partial charge < -0.3 is 29.8 Å². The van der Waals surface area contributed by atoms with Gasteiger partial charge in [-0.3, -0.25) is 0 Å². The molecule has 0 aliphatic heterocycles. The maximum Gasteiger partial charge on any atom is 0 e. The Morgan fingerprint density at radius 2 is 1.21 bits per heavy atom. The molecule has 0 fully saturated rings. The van der Waals surface area contributed by atoms with Crippen molar-refractivity contribution in [2.45, 2.75) is 39.5 Å². The van der Waals surface area contributed by atoms with Crippen molar-refractivity contribution in [1.82, 2.24) is 0 Å². The largest absolute Gasteiger partial charge is 0.748 e. The molecule has 0 aliphatic rings. The summed E-state index contributed by atoms with van der Waals surface area (Å²) in [5.41, 5.74) is 2.87. The second kappa shape index (κ2) is 13.2. The van der Waals surface area contributed by atoms with Crippen LogP contribution in [-0.4, -0.2) is 0 Å². The Morgan fingerprint density at radius 1 is 0.789 bits per heavy atom. The van der Waals surface area contributed by atoms with E-state index in [0.717, 1.165) is 0 Å². The monoisotopic (exact) mass is 376 g/mol. The molecule has 3 heteroatoms. The van der Waals surface area contributed by atoms with Crippen molar-refractivity contribution >= 4 is 24.8 Å². The van der Waals surface area contributed by atoms with Gasteiger partial charge in [0.1, 0.15) is 0 Å². The minimum atomic E-state index is 0. The van der Waals surface area contributed by atoms with Crippen LogP contribution in [0.1, 0.15) is 50.7 Å². The first-order valence-corrected chi connectivity index (χ1v) is 6.04. The van der Waals surface area contributed by atoms with E-state index in [2.05, 4.69) is 76.2 Å². The summed E-state index contributed by atoms with van der Waals surface area (Å²) in [6.45, 7) is 8.81. The van der Waals surface area contributed by atoms with Gasteiger partial charge in [0.25, 0.3) is 0 Å². The number of rotatable bonds is 2. The van der Waals surface area contributed by atoms with Crippen molar-refractivity contribution in [3.8, 4) is 0 Å². The van der Waals surface area contributed by atoms with Gasteiger partial charge in [0.2, 0.25) is 0 Å². The number of hydrogen-bond donors (Lipinski definition) is 0. The Morgan fingerprint density at radius 3 is 1.42 bits per heavy atom.